The summed E-state index contributed by atoms with van der Waals surface area (Å²) in [5, 5.41) is 4.77. The van der Waals surface area contributed by atoms with Crippen molar-refractivity contribution in [2.75, 3.05) is 11.9 Å². The molecule has 132 valence electrons. The summed E-state index contributed by atoms with van der Waals surface area (Å²) in [7, 11) is 0. The van der Waals surface area contributed by atoms with E-state index in [1.807, 2.05) is 25.1 Å². The lowest BCUT2D eigenvalue weighted by Gasteiger charge is -2.19. The highest BCUT2D eigenvalue weighted by molar-refractivity contribution is 8.17. The Balaban J connectivity index is 2.21. The molecule has 0 atom stereocenters. The minimum absolute atomic E-state index is 0.274. The molecule has 0 spiro atoms. The highest BCUT2D eigenvalue weighted by Crippen LogP contribution is 2.30. The SMILES string of the molecule is CCC(=C/C=C(\C)C1=NCC(C(N)=O)=C(Nc2ccccn2)S1)CC. The van der Waals surface area contributed by atoms with Gasteiger partial charge in [-0.1, -0.05) is 49.4 Å². The topological polar surface area (TPSA) is 80.4 Å². The lowest BCUT2D eigenvalue weighted by molar-refractivity contribution is -0.114. The van der Waals surface area contributed by atoms with Crippen LogP contribution in [0.5, 0.6) is 0 Å². The van der Waals surface area contributed by atoms with Crippen LogP contribution in [0.15, 0.2) is 63.3 Å². The molecule has 2 rings (SSSR count). The van der Waals surface area contributed by atoms with Gasteiger partial charge in [0.2, 0.25) is 5.91 Å². The summed E-state index contributed by atoms with van der Waals surface area (Å²) in [5.74, 6) is 0.209. The number of carbonyl (C=O) groups excluding carboxylic acids is 1. The first kappa shape index (κ1) is 19.0. The molecule has 0 saturated carbocycles. The average Bonchev–Trinajstić information content (AvgIpc) is 2.63. The highest BCUT2D eigenvalue weighted by atomic mass is 32.2. The first-order valence-corrected chi connectivity index (χ1v) is 9.16. The van der Waals surface area contributed by atoms with Crippen LogP contribution in [-0.2, 0) is 4.79 Å². The molecule has 0 radical (unpaired) electrons. The van der Waals surface area contributed by atoms with Crippen molar-refractivity contribution < 1.29 is 4.79 Å². The Labute approximate surface area is 153 Å². The standard InChI is InChI=1S/C19H24N4OS/c1-4-14(5-2)10-9-13(3)18-22-12-15(17(20)24)19(25-18)23-16-8-6-7-11-21-16/h6-11H,4-5,12H2,1-3H3,(H2,20,24)(H,21,23)/b13-9+. The number of allylic oxidation sites excluding steroid dienone is 3. The number of carbonyl (C=O) groups is 1. The van der Waals surface area contributed by atoms with E-state index in [4.69, 9.17) is 5.73 Å². The Bertz CT molecular complexity index is 742. The molecule has 2 heterocycles. The maximum atomic E-state index is 11.7. The van der Waals surface area contributed by atoms with Crippen molar-refractivity contribution in [2.45, 2.75) is 33.6 Å². The molecule has 0 aromatic carbocycles. The van der Waals surface area contributed by atoms with Crippen molar-refractivity contribution in [1.82, 2.24) is 4.98 Å². The van der Waals surface area contributed by atoms with E-state index >= 15 is 0 Å². The zero-order chi connectivity index (χ0) is 18.2. The van der Waals surface area contributed by atoms with E-state index < -0.39 is 5.91 Å². The highest BCUT2D eigenvalue weighted by Gasteiger charge is 2.21. The second-order valence-corrected chi connectivity index (χ2v) is 6.62. The lowest BCUT2D eigenvalue weighted by atomic mass is 10.1. The molecule has 5 nitrogen and oxygen atoms in total. The summed E-state index contributed by atoms with van der Waals surface area (Å²) in [4.78, 5) is 20.5. The average molecular weight is 356 g/mol. The summed E-state index contributed by atoms with van der Waals surface area (Å²) < 4.78 is 0. The van der Waals surface area contributed by atoms with Gasteiger partial charge in [0.1, 0.15) is 5.82 Å². The van der Waals surface area contributed by atoms with Crippen LogP contribution in [0, 0.1) is 0 Å². The van der Waals surface area contributed by atoms with Gasteiger partial charge in [0.25, 0.3) is 0 Å². The van der Waals surface area contributed by atoms with Crippen LogP contribution in [0.2, 0.25) is 0 Å². The van der Waals surface area contributed by atoms with Gasteiger partial charge < -0.3 is 11.1 Å². The van der Waals surface area contributed by atoms with Gasteiger partial charge in [-0.05, 0) is 37.5 Å². The molecule has 1 aliphatic heterocycles. The van der Waals surface area contributed by atoms with Crippen molar-refractivity contribution in [3.63, 3.8) is 0 Å². The molecule has 0 saturated heterocycles. The van der Waals surface area contributed by atoms with Gasteiger partial charge in [-0.2, -0.15) is 0 Å². The Morgan fingerprint density at radius 2 is 2.08 bits per heavy atom. The van der Waals surface area contributed by atoms with Crippen molar-refractivity contribution >= 4 is 28.5 Å². The predicted molar refractivity (Wildman–Crippen MR) is 106 cm³/mol. The first-order valence-electron chi connectivity index (χ1n) is 8.35. The second kappa shape index (κ2) is 9.22. The molecule has 1 aliphatic rings. The molecular formula is C19H24N4OS. The van der Waals surface area contributed by atoms with E-state index in [1.54, 1.807) is 6.20 Å². The van der Waals surface area contributed by atoms with E-state index in [9.17, 15) is 4.79 Å². The van der Waals surface area contributed by atoms with Crippen LogP contribution in [0.3, 0.4) is 0 Å². The summed E-state index contributed by atoms with van der Waals surface area (Å²) >= 11 is 1.42. The lowest BCUT2D eigenvalue weighted by Crippen LogP contribution is -2.23. The molecule has 6 heteroatoms. The fraction of sp³-hybridized carbons (Fsp3) is 0.316. The number of rotatable bonds is 7. The Hall–Kier alpha value is -2.34. The van der Waals surface area contributed by atoms with Crippen LogP contribution >= 0.6 is 11.8 Å². The van der Waals surface area contributed by atoms with Gasteiger partial charge in [0.15, 0.2) is 0 Å². The van der Waals surface area contributed by atoms with Crippen molar-refractivity contribution in [3.05, 3.63) is 58.3 Å². The first-order chi connectivity index (χ1) is 12.0. The van der Waals surface area contributed by atoms with E-state index in [-0.39, 0.29) is 6.54 Å². The van der Waals surface area contributed by atoms with Crippen LogP contribution in [-0.4, -0.2) is 22.5 Å². The number of nitrogens with two attached hydrogens (primary N) is 1. The number of hydrogen-bond acceptors (Lipinski definition) is 5. The third-order valence-electron chi connectivity index (χ3n) is 3.87. The zero-order valence-electron chi connectivity index (χ0n) is 14.9. The number of nitrogens with zero attached hydrogens (tertiary/aromatic N) is 2. The van der Waals surface area contributed by atoms with Gasteiger partial charge in [-0.3, -0.25) is 9.79 Å². The van der Waals surface area contributed by atoms with Gasteiger partial charge in [-0.15, -0.1) is 0 Å². The molecule has 0 unspecified atom stereocenters. The molecule has 3 N–H and O–H groups in total. The number of amides is 1. The Morgan fingerprint density at radius 1 is 1.32 bits per heavy atom. The van der Waals surface area contributed by atoms with Crippen LogP contribution in [0.1, 0.15) is 33.6 Å². The number of pyridine rings is 1. The molecule has 0 fully saturated rings. The summed E-state index contributed by atoms with van der Waals surface area (Å²) in [6, 6.07) is 5.57. The van der Waals surface area contributed by atoms with Crippen LogP contribution < -0.4 is 11.1 Å². The molecule has 0 bridgehead atoms. The number of thioether (sulfide) groups is 1. The summed E-state index contributed by atoms with van der Waals surface area (Å²) in [6.45, 7) is 6.61. The van der Waals surface area contributed by atoms with Gasteiger partial charge in [0.05, 0.1) is 22.2 Å². The summed E-state index contributed by atoms with van der Waals surface area (Å²) in [6.07, 6.45) is 8.01. The number of hydrogen-bond donors (Lipinski definition) is 2. The quantitative estimate of drug-likeness (QED) is 0.723. The zero-order valence-corrected chi connectivity index (χ0v) is 15.7. The number of aromatic nitrogens is 1. The molecular weight excluding hydrogens is 332 g/mol. The van der Waals surface area contributed by atoms with E-state index in [2.05, 4.69) is 41.3 Å². The molecule has 1 aromatic rings. The van der Waals surface area contributed by atoms with Gasteiger partial charge in [0, 0.05) is 6.20 Å². The Kier molecular flexibility index (Phi) is 7.01. The number of aliphatic imine (C=N–C) groups is 1. The monoisotopic (exact) mass is 356 g/mol. The van der Waals surface area contributed by atoms with Gasteiger partial charge in [-0.25, -0.2) is 4.98 Å². The number of primary amides is 1. The van der Waals surface area contributed by atoms with Crippen molar-refractivity contribution in [3.8, 4) is 0 Å². The largest absolute Gasteiger partial charge is 0.366 e. The fourth-order valence-electron chi connectivity index (χ4n) is 2.26. The Morgan fingerprint density at radius 3 is 2.68 bits per heavy atom. The van der Waals surface area contributed by atoms with Gasteiger partial charge >= 0.3 is 0 Å². The minimum atomic E-state index is -0.463. The van der Waals surface area contributed by atoms with Crippen molar-refractivity contribution in [2.24, 2.45) is 10.7 Å². The summed E-state index contributed by atoms with van der Waals surface area (Å²) in [5.41, 5.74) is 8.43. The third kappa shape index (κ3) is 5.32. The molecule has 25 heavy (non-hydrogen) atoms. The maximum absolute atomic E-state index is 11.7. The normalized spacial score (nSPS) is 14.8. The van der Waals surface area contributed by atoms with Crippen molar-refractivity contribution in [1.29, 1.82) is 0 Å². The minimum Gasteiger partial charge on any atom is -0.366 e. The van der Waals surface area contributed by atoms with E-state index in [0.717, 1.165) is 23.5 Å². The third-order valence-corrected chi connectivity index (χ3v) is 5.07. The number of nitrogens with one attached hydrogen (secondary N) is 1. The fourth-order valence-corrected chi connectivity index (χ4v) is 3.26. The van der Waals surface area contributed by atoms with E-state index in [0.29, 0.717) is 16.4 Å². The number of anilines is 1. The molecule has 1 aromatic heterocycles. The predicted octanol–water partition coefficient (Wildman–Crippen LogP) is 4.03. The van der Waals surface area contributed by atoms with E-state index in [1.165, 1.54) is 17.3 Å². The molecule has 0 aliphatic carbocycles. The second-order valence-electron chi connectivity index (χ2n) is 5.62. The smallest absolute Gasteiger partial charge is 0.249 e. The van der Waals surface area contributed by atoms with Crippen LogP contribution in [0.4, 0.5) is 5.82 Å². The molecule has 1 amide bonds. The maximum Gasteiger partial charge on any atom is 0.249 e. The van der Waals surface area contributed by atoms with Crippen LogP contribution in [0.25, 0.3) is 0 Å².